The Morgan fingerprint density at radius 3 is 1.84 bits per heavy atom. The molecule has 2 aliphatic rings. The number of amides is 10. The lowest BCUT2D eigenvalue weighted by Crippen LogP contribution is -2.60. The summed E-state index contributed by atoms with van der Waals surface area (Å²) in [6.07, 6.45) is 7.48. The van der Waals surface area contributed by atoms with Crippen molar-refractivity contribution < 1.29 is 82.4 Å². The highest BCUT2D eigenvalue weighted by atomic mass is 16.4. The highest BCUT2D eigenvalue weighted by Crippen LogP contribution is 2.22. The van der Waals surface area contributed by atoms with E-state index in [0.717, 1.165) is 11.9 Å². The lowest BCUT2D eigenvalue weighted by Gasteiger charge is -2.32. The molecule has 4 heterocycles. The first-order valence-electron chi connectivity index (χ1n) is 37.0. The summed E-state index contributed by atoms with van der Waals surface area (Å²) >= 11 is 0. The topological polar surface area (TPSA) is 515 Å². The second-order valence-electron chi connectivity index (χ2n) is 28.4. The van der Waals surface area contributed by atoms with E-state index in [1.807, 2.05) is 35.8 Å². The molecule has 109 heavy (non-hydrogen) atoms. The average Bonchev–Trinajstić information content (AvgIpc) is 1.72. The number of carboxylic acid groups (broad SMARTS) is 3. The fraction of sp³-hybridized carbons (Fsp3) is 0.575. The molecule has 0 bridgehead atoms. The van der Waals surface area contributed by atoms with Gasteiger partial charge in [-0.2, -0.15) is 0 Å². The number of aliphatic carboxylic acids is 3. The number of hydrogen-bond donors (Lipinski definition) is 17. The Morgan fingerprint density at radius 1 is 0.615 bits per heavy atom. The van der Waals surface area contributed by atoms with Crippen LogP contribution in [0.2, 0.25) is 0 Å². The lowest BCUT2D eigenvalue weighted by molar-refractivity contribution is -0.140. The van der Waals surface area contributed by atoms with Crippen LogP contribution in [0, 0.1) is 11.8 Å². The van der Waals surface area contributed by atoms with Crippen LogP contribution in [-0.4, -0.2) is 292 Å². The molecule has 2 aliphatic heterocycles. The van der Waals surface area contributed by atoms with Gasteiger partial charge in [0.2, 0.25) is 59.1 Å². The molecule has 4 aromatic rings. The van der Waals surface area contributed by atoms with E-state index in [-0.39, 0.29) is 122 Å². The molecule has 0 unspecified atom stereocenters. The largest absolute Gasteiger partial charge is 0.480 e. The first-order chi connectivity index (χ1) is 52.0. The molecule has 0 aliphatic carbocycles. The van der Waals surface area contributed by atoms with Gasteiger partial charge in [-0.25, -0.2) is 4.98 Å². The molecule has 0 spiro atoms. The van der Waals surface area contributed by atoms with Crippen molar-refractivity contribution in [2.24, 2.45) is 17.6 Å². The number of nitrogens with two attached hydrogens (primary N) is 1. The molecule has 2 fully saturated rings. The Balaban J connectivity index is 1.04. The number of aromatic nitrogens is 3. The number of likely N-dealkylation sites (tertiary alicyclic amines) is 2. The number of carbonyl (C=O) groups excluding carboxylic acids is 11. The number of primary amides is 1. The number of carboxylic acids is 3. The van der Waals surface area contributed by atoms with Crippen molar-refractivity contribution >= 4 is 94.2 Å². The fourth-order valence-electron chi connectivity index (χ4n) is 13.1. The van der Waals surface area contributed by atoms with Gasteiger partial charge in [0.05, 0.1) is 51.6 Å². The number of hydrogen-bond acceptors (Lipinski definition) is 21. The standard InChI is InChI=1S/C73H109N19O17/c1-45(2)31-52(40-92-23-11-18-59(92)67(74)103)83-71(107)58(34-51-36-77-44-80-51)84-61(95)38-79-73(109)66(46(3)4)88-68(104)47(5)81-70(106)57(33-49-35-78-54-16-10-9-15-53(49)54)87-69(105)55(17-12-30-93)86-72(108)56(32-48-13-7-6-8-14-48)85-62(96)41-89-24-19-50(20-25-89)82-60(94)37-75-21-26-90(42-64(99)100)28-29-91(43-65(101)102)27-22-76-39-63(97)98/h6-10,13-16,30,35-36,44-47,50,52,55-59,66,75-76,78H,11-12,17-29,31-34,37-43H2,1-5H3,(H2,74,103)(H,77,80)(H,79,109)(H,81,106)(H,82,94)(H,83,107)(H,84,95)(H,85,96)(H,86,108)(H,87,105)(H,88,104)(H,97,98)(H,99,100)(H,101,102)/t47-,52-,55-,56+,57-,58-,59-,66-/m0/s1. The Bertz CT molecular complexity index is 3670. The van der Waals surface area contributed by atoms with E-state index < -0.39 is 132 Å². The average molecular weight is 1520 g/mol. The van der Waals surface area contributed by atoms with Gasteiger partial charge in [-0.15, -0.1) is 0 Å². The van der Waals surface area contributed by atoms with E-state index >= 15 is 0 Å². The van der Waals surface area contributed by atoms with Crippen LogP contribution in [0.15, 0.2) is 73.3 Å². The number of nitrogens with zero attached hydrogens (tertiary/aromatic N) is 5. The third kappa shape index (κ3) is 31.5. The molecule has 6 rings (SSSR count). The van der Waals surface area contributed by atoms with E-state index in [1.165, 1.54) is 19.4 Å². The Hall–Kier alpha value is -10.3. The number of carbonyl (C=O) groups is 14. The quantitative estimate of drug-likeness (QED) is 0.0152. The fourth-order valence-corrected chi connectivity index (χ4v) is 13.1. The zero-order valence-electron chi connectivity index (χ0n) is 62.6. The van der Waals surface area contributed by atoms with Crippen molar-refractivity contribution in [3.05, 3.63) is 90.1 Å². The molecule has 2 saturated heterocycles. The van der Waals surface area contributed by atoms with E-state index in [9.17, 15) is 77.3 Å². The SMILES string of the molecule is CC(C)C[C@@H](CN1CCC[C@H]1C(N)=O)NC(=O)[C@H](Cc1cnc[nH]1)NC(=O)CNC(=O)[C@@H](NC(=O)[C@H](C)NC(=O)[C@H](Cc1c[nH]c2ccccc12)NC(=O)[C@H](CCC=O)NC(=O)[C@@H](Cc1ccccc1)NC(=O)CN1CCC(NC(=O)CNCCN(CCN(CCNCC(=O)O)CC(=O)O)CC(=O)O)CC1)C(C)C. The van der Waals surface area contributed by atoms with Gasteiger partial charge in [-0.3, -0.25) is 81.9 Å². The Morgan fingerprint density at radius 2 is 1.22 bits per heavy atom. The van der Waals surface area contributed by atoms with E-state index in [1.54, 1.807) is 72.3 Å². The second-order valence-corrected chi connectivity index (χ2v) is 28.4. The predicted octanol–water partition coefficient (Wildman–Crippen LogP) is -3.30. The third-order valence-electron chi connectivity index (χ3n) is 18.7. The Labute approximate surface area is 632 Å². The smallest absolute Gasteiger partial charge is 0.317 e. The number of para-hydroxylation sites is 1. The maximum absolute atomic E-state index is 14.6. The van der Waals surface area contributed by atoms with Crippen LogP contribution in [0.1, 0.15) is 96.4 Å². The monoisotopic (exact) mass is 1520 g/mol. The summed E-state index contributed by atoms with van der Waals surface area (Å²) < 4.78 is 0. The summed E-state index contributed by atoms with van der Waals surface area (Å²) in [7, 11) is 0. The van der Waals surface area contributed by atoms with Crippen LogP contribution in [0.5, 0.6) is 0 Å². The molecule has 18 N–H and O–H groups in total. The molecular weight excluding hydrogens is 1410 g/mol. The van der Waals surface area contributed by atoms with E-state index in [4.69, 9.17) is 10.8 Å². The number of piperidine rings is 1. The van der Waals surface area contributed by atoms with Crippen molar-refractivity contribution in [1.29, 1.82) is 0 Å². The van der Waals surface area contributed by atoms with Crippen molar-refractivity contribution in [3.63, 3.8) is 0 Å². The van der Waals surface area contributed by atoms with Gasteiger partial charge in [0, 0.05) is 126 Å². The number of benzene rings is 2. The minimum absolute atomic E-state index is 0.0136. The number of fused-ring (bicyclic) bond motifs is 1. The predicted molar refractivity (Wildman–Crippen MR) is 399 cm³/mol. The number of nitrogens with one attached hydrogen (secondary N) is 13. The number of aldehydes is 1. The summed E-state index contributed by atoms with van der Waals surface area (Å²) in [4.78, 5) is 202. The number of H-pyrrole nitrogens is 2. The summed E-state index contributed by atoms with van der Waals surface area (Å²) in [5, 5.41) is 59.1. The molecule has 0 saturated carbocycles. The second kappa shape index (κ2) is 45.5. The first kappa shape index (κ1) is 87.6. The number of imidazole rings is 1. The molecule has 8 atom stereocenters. The minimum atomic E-state index is -1.44. The highest BCUT2D eigenvalue weighted by molar-refractivity contribution is 5.98. The van der Waals surface area contributed by atoms with Crippen LogP contribution in [-0.2, 0) is 86.4 Å². The van der Waals surface area contributed by atoms with Crippen LogP contribution in [0.25, 0.3) is 10.9 Å². The molecule has 36 heteroatoms. The Kier molecular flexibility index (Phi) is 36.6. The summed E-state index contributed by atoms with van der Waals surface area (Å²) in [6, 6.07) is 7.05. The summed E-state index contributed by atoms with van der Waals surface area (Å²) in [5.41, 5.74) is 8.21. The first-order valence-corrected chi connectivity index (χ1v) is 37.0. The maximum Gasteiger partial charge on any atom is 0.317 e. The molecule has 2 aromatic carbocycles. The van der Waals surface area contributed by atoms with Crippen LogP contribution < -0.4 is 64.2 Å². The van der Waals surface area contributed by atoms with Gasteiger partial charge < -0.3 is 94.3 Å². The minimum Gasteiger partial charge on any atom is -0.480 e. The zero-order valence-corrected chi connectivity index (χ0v) is 62.6. The zero-order chi connectivity index (χ0) is 79.5. The van der Waals surface area contributed by atoms with Gasteiger partial charge in [0.1, 0.15) is 42.5 Å². The lowest BCUT2D eigenvalue weighted by atomic mass is 10.0. The van der Waals surface area contributed by atoms with Crippen molar-refractivity contribution in [1.82, 2.24) is 93.0 Å². The molecule has 10 amide bonds. The number of aromatic amines is 2. The molecule has 2 aromatic heterocycles. The molecule has 36 nitrogen and oxygen atoms in total. The van der Waals surface area contributed by atoms with Gasteiger partial charge in [0.15, 0.2) is 0 Å². The van der Waals surface area contributed by atoms with Crippen molar-refractivity contribution in [3.8, 4) is 0 Å². The van der Waals surface area contributed by atoms with Crippen LogP contribution in [0.3, 0.4) is 0 Å². The van der Waals surface area contributed by atoms with Crippen molar-refractivity contribution in [2.75, 3.05) is 105 Å². The van der Waals surface area contributed by atoms with Gasteiger partial charge in [0.25, 0.3) is 0 Å². The van der Waals surface area contributed by atoms with E-state index in [2.05, 4.69) is 73.4 Å². The van der Waals surface area contributed by atoms with Crippen molar-refractivity contribution in [2.45, 2.75) is 153 Å². The highest BCUT2D eigenvalue weighted by Gasteiger charge is 2.36. The molecule has 598 valence electrons. The molecular formula is C73H109N19O17. The molecule has 0 radical (unpaired) electrons. The van der Waals surface area contributed by atoms with Gasteiger partial charge >= 0.3 is 17.9 Å². The van der Waals surface area contributed by atoms with Gasteiger partial charge in [-0.05, 0) is 81.0 Å². The third-order valence-corrected chi connectivity index (χ3v) is 18.7. The summed E-state index contributed by atoms with van der Waals surface area (Å²) in [5.74, 6) is -10.2. The number of rotatable bonds is 50. The van der Waals surface area contributed by atoms with E-state index in [0.29, 0.717) is 80.4 Å². The normalized spacial score (nSPS) is 16.1. The summed E-state index contributed by atoms with van der Waals surface area (Å²) in [6.45, 7) is 9.90. The maximum atomic E-state index is 14.6. The van der Waals surface area contributed by atoms with Crippen LogP contribution in [0.4, 0.5) is 0 Å². The van der Waals surface area contributed by atoms with Crippen LogP contribution >= 0.6 is 0 Å². The van der Waals surface area contributed by atoms with Gasteiger partial charge in [-0.1, -0.05) is 76.2 Å².